The van der Waals surface area contributed by atoms with Gasteiger partial charge in [-0.25, -0.2) is 4.79 Å². The van der Waals surface area contributed by atoms with Crippen molar-refractivity contribution in [2.24, 2.45) is 0 Å². The van der Waals surface area contributed by atoms with Gasteiger partial charge in [0.1, 0.15) is 0 Å². The number of urea groups is 1. The minimum Gasteiger partial charge on any atom is -0.493 e. The molecule has 3 N–H and O–H groups in total. The molecule has 0 aromatic heterocycles. The van der Waals surface area contributed by atoms with E-state index in [4.69, 9.17) is 9.47 Å². The summed E-state index contributed by atoms with van der Waals surface area (Å²) in [5, 5.41) is 8.52. The van der Waals surface area contributed by atoms with Crippen molar-refractivity contribution in [3.8, 4) is 11.5 Å². The number of unbranched alkanes of at least 4 members (excludes halogenated alkanes) is 1. The van der Waals surface area contributed by atoms with E-state index in [9.17, 15) is 9.59 Å². The molecular formula is C23H29N3O4. The van der Waals surface area contributed by atoms with E-state index in [-0.39, 0.29) is 18.0 Å². The number of amides is 3. The van der Waals surface area contributed by atoms with E-state index >= 15 is 0 Å². The van der Waals surface area contributed by atoms with Crippen LogP contribution in [0.25, 0.3) is 0 Å². The molecule has 3 rings (SSSR count). The number of benzene rings is 2. The average Bonchev–Trinajstić information content (AvgIpc) is 3.56. The molecule has 1 aliphatic carbocycles. The highest BCUT2D eigenvalue weighted by molar-refractivity contribution is 5.96. The molecule has 0 atom stereocenters. The van der Waals surface area contributed by atoms with Gasteiger partial charge in [0, 0.05) is 23.8 Å². The Morgan fingerprint density at radius 1 is 1.10 bits per heavy atom. The normalized spacial score (nSPS) is 12.7. The van der Waals surface area contributed by atoms with Gasteiger partial charge in [0.2, 0.25) is 0 Å². The predicted octanol–water partition coefficient (Wildman–Crippen LogP) is 4.09. The fourth-order valence-corrected chi connectivity index (χ4v) is 2.87. The zero-order valence-electron chi connectivity index (χ0n) is 17.5. The van der Waals surface area contributed by atoms with Gasteiger partial charge in [-0.2, -0.15) is 0 Å². The summed E-state index contributed by atoms with van der Waals surface area (Å²) in [7, 11) is 1.60. The highest BCUT2D eigenvalue weighted by Gasteiger charge is 2.23. The molecule has 7 nitrogen and oxygen atoms in total. The Labute approximate surface area is 177 Å². The smallest absolute Gasteiger partial charge is 0.319 e. The molecular weight excluding hydrogens is 382 g/mol. The zero-order chi connectivity index (χ0) is 21.3. The van der Waals surface area contributed by atoms with Gasteiger partial charge in [-0.1, -0.05) is 25.5 Å². The van der Waals surface area contributed by atoms with E-state index < -0.39 is 0 Å². The van der Waals surface area contributed by atoms with Crippen LogP contribution in [0.2, 0.25) is 0 Å². The maximum absolute atomic E-state index is 12.5. The Kier molecular flexibility index (Phi) is 7.54. The molecule has 0 heterocycles. The fourth-order valence-electron chi connectivity index (χ4n) is 2.87. The van der Waals surface area contributed by atoms with E-state index in [0.29, 0.717) is 35.9 Å². The van der Waals surface area contributed by atoms with Crippen LogP contribution < -0.4 is 25.4 Å². The van der Waals surface area contributed by atoms with E-state index in [2.05, 4.69) is 22.9 Å². The van der Waals surface area contributed by atoms with Gasteiger partial charge in [0.05, 0.1) is 13.7 Å². The molecule has 2 aromatic rings. The third-order valence-corrected chi connectivity index (χ3v) is 4.73. The summed E-state index contributed by atoms with van der Waals surface area (Å²) < 4.78 is 11.1. The van der Waals surface area contributed by atoms with Crippen LogP contribution >= 0.6 is 0 Å². The van der Waals surface area contributed by atoms with E-state index in [1.54, 1.807) is 31.4 Å². The first kappa shape index (κ1) is 21.5. The van der Waals surface area contributed by atoms with Gasteiger partial charge in [0.25, 0.3) is 5.91 Å². The summed E-state index contributed by atoms with van der Waals surface area (Å²) in [5.74, 6) is 1.12. The number of methoxy groups -OCH3 is 1. The van der Waals surface area contributed by atoms with Crippen LogP contribution in [0.4, 0.5) is 10.5 Å². The SMILES string of the molecule is CCCCOc1ccc(CNC(=O)c2cccc(NC(=O)NC3CC3)c2)cc1OC. The summed E-state index contributed by atoms with van der Waals surface area (Å²) >= 11 is 0. The standard InChI is InChI=1S/C23H29N3O4/c1-3-4-12-30-20-11-8-16(13-21(20)29-2)15-24-22(27)17-6-5-7-19(14-17)26-23(28)25-18-9-10-18/h5-8,11,13-14,18H,3-4,9-10,12,15H2,1-2H3,(H,24,27)(H2,25,26,28). The van der Waals surface area contributed by atoms with Crippen LogP contribution in [0, 0.1) is 0 Å². The molecule has 30 heavy (non-hydrogen) atoms. The van der Waals surface area contributed by atoms with Crippen LogP contribution in [0.1, 0.15) is 48.5 Å². The third kappa shape index (κ3) is 6.40. The molecule has 7 heteroatoms. The van der Waals surface area contributed by atoms with Crippen LogP contribution in [0.15, 0.2) is 42.5 Å². The Morgan fingerprint density at radius 3 is 2.67 bits per heavy atom. The number of rotatable bonds is 10. The third-order valence-electron chi connectivity index (χ3n) is 4.73. The first-order chi connectivity index (χ1) is 14.6. The number of hydrogen-bond donors (Lipinski definition) is 3. The lowest BCUT2D eigenvalue weighted by atomic mass is 10.1. The quantitative estimate of drug-likeness (QED) is 0.514. The first-order valence-electron chi connectivity index (χ1n) is 10.3. The van der Waals surface area contributed by atoms with Crippen LogP contribution in [-0.2, 0) is 6.54 Å². The molecule has 0 bridgehead atoms. The number of anilines is 1. The van der Waals surface area contributed by atoms with Gasteiger partial charge in [0.15, 0.2) is 11.5 Å². The van der Waals surface area contributed by atoms with E-state index in [0.717, 1.165) is 31.2 Å². The summed E-state index contributed by atoms with van der Waals surface area (Å²) in [6.07, 6.45) is 4.09. The second kappa shape index (κ2) is 10.5. The van der Waals surface area contributed by atoms with Crippen LogP contribution in [0.3, 0.4) is 0 Å². The Morgan fingerprint density at radius 2 is 1.93 bits per heavy atom. The van der Waals surface area contributed by atoms with Crippen molar-refractivity contribution in [1.29, 1.82) is 0 Å². The van der Waals surface area contributed by atoms with Crippen molar-refractivity contribution in [2.75, 3.05) is 19.0 Å². The van der Waals surface area contributed by atoms with Crippen molar-refractivity contribution < 1.29 is 19.1 Å². The molecule has 3 amide bonds. The maximum atomic E-state index is 12.5. The summed E-state index contributed by atoms with van der Waals surface area (Å²) in [6.45, 7) is 3.11. The van der Waals surface area contributed by atoms with Gasteiger partial charge in [-0.15, -0.1) is 0 Å². The molecule has 160 valence electrons. The molecule has 0 saturated heterocycles. The number of ether oxygens (including phenoxy) is 2. The maximum Gasteiger partial charge on any atom is 0.319 e. The molecule has 0 spiro atoms. The van der Waals surface area contributed by atoms with Crippen molar-refractivity contribution in [2.45, 2.75) is 45.2 Å². The number of carbonyl (C=O) groups is 2. The number of hydrogen-bond acceptors (Lipinski definition) is 4. The second-order valence-electron chi connectivity index (χ2n) is 7.32. The summed E-state index contributed by atoms with van der Waals surface area (Å²) in [6, 6.07) is 12.5. The molecule has 0 radical (unpaired) electrons. The number of nitrogens with one attached hydrogen (secondary N) is 3. The average molecular weight is 412 g/mol. The molecule has 0 aliphatic heterocycles. The highest BCUT2D eigenvalue weighted by Crippen LogP contribution is 2.28. The molecule has 2 aromatic carbocycles. The van der Waals surface area contributed by atoms with Crippen LogP contribution in [-0.4, -0.2) is 31.7 Å². The lowest BCUT2D eigenvalue weighted by Crippen LogP contribution is -2.30. The van der Waals surface area contributed by atoms with E-state index in [1.165, 1.54) is 0 Å². The molecule has 0 unspecified atom stereocenters. The lowest BCUT2D eigenvalue weighted by molar-refractivity contribution is 0.0951. The van der Waals surface area contributed by atoms with Crippen molar-refractivity contribution in [3.05, 3.63) is 53.6 Å². The predicted molar refractivity (Wildman–Crippen MR) is 116 cm³/mol. The van der Waals surface area contributed by atoms with Crippen molar-refractivity contribution >= 4 is 17.6 Å². The fraction of sp³-hybridized carbons (Fsp3) is 0.391. The largest absolute Gasteiger partial charge is 0.493 e. The first-order valence-corrected chi connectivity index (χ1v) is 10.3. The van der Waals surface area contributed by atoms with Gasteiger partial charge >= 0.3 is 6.03 Å². The van der Waals surface area contributed by atoms with Crippen molar-refractivity contribution in [3.63, 3.8) is 0 Å². The monoisotopic (exact) mass is 411 g/mol. The van der Waals surface area contributed by atoms with Crippen LogP contribution in [0.5, 0.6) is 11.5 Å². The minimum absolute atomic E-state index is 0.219. The molecule has 1 saturated carbocycles. The Balaban J connectivity index is 1.55. The molecule has 1 aliphatic rings. The number of carbonyl (C=O) groups excluding carboxylic acids is 2. The summed E-state index contributed by atoms with van der Waals surface area (Å²) in [4.78, 5) is 24.4. The lowest BCUT2D eigenvalue weighted by Gasteiger charge is -2.13. The highest BCUT2D eigenvalue weighted by atomic mass is 16.5. The van der Waals surface area contributed by atoms with Gasteiger partial charge < -0.3 is 25.4 Å². The second-order valence-corrected chi connectivity index (χ2v) is 7.32. The van der Waals surface area contributed by atoms with Crippen molar-refractivity contribution in [1.82, 2.24) is 10.6 Å². The Bertz CT molecular complexity index is 881. The Hall–Kier alpha value is -3.22. The zero-order valence-corrected chi connectivity index (χ0v) is 17.5. The topological polar surface area (TPSA) is 88.7 Å². The summed E-state index contributed by atoms with van der Waals surface area (Å²) in [5.41, 5.74) is 1.96. The van der Waals surface area contributed by atoms with Gasteiger partial charge in [-0.3, -0.25) is 4.79 Å². The van der Waals surface area contributed by atoms with Gasteiger partial charge in [-0.05, 0) is 55.2 Å². The minimum atomic E-state index is -0.247. The molecule has 1 fully saturated rings. The van der Waals surface area contributed by atoms with E-state index in [1.807, 2.05) is 18.2 Å².